The summed E-state index contributed by atoms with van der Waals surface area (Å²) < 4.78 is 7.52. The molecular formula is C17H22N2OS. The first-order valence-electron chi connectivity index (χ1n) is 7.72. The highest BCUT2D eigenvalue weighted by Gasteiger charge is 2.62. The highest BCUT2D eigenvalue weighted by atomic mass is 32.1. The Kier molecular flexibility index (Phi) is 2.63. The Balaban J connectivity index is 1.68. The van der Waals surface area contributed by atoms with Gasteiger partial charge in [0.05, 0.1) is 10.2 Å². The largest absolute Gasteiger partial charge is 0.488 e. The Hall–Kier alpha value is -1.29. The van der Waals surface area contributed by atoms with E-state index in [1.165, 1.54) is 12.8 Å². The standard InChI is InChI=1S/C17H22N2OS/c1-16(2)10-6-7-17(16,3)13(8-10)20-11-4-5-12-15(14(11)18)19-9-21-12/h4-5,9-10,13H,6-8,18H2,1-3H3. The summed E-state index contributed by atoms with van der Waals surface area (Å²) in [7, 11) is 0. The van der Waals surface area contributed by atoms with E-state index in [9.17, 15) is 0 Å². The van der Waals surface area contributed by atoms with E-state index in [4.69, 9.17) is 10.5 Å². The molecule has 2 saturated carbocycles. The lowest BCUT2D eigenvalue weighted by atomic mass is 9.70. The van der Waals surface area contributed by atoms with E-state index in [1.54, 1.807) is 11.3 Å². The maximum absolute atomic E-state index is 6.40. The summed E-state index contributed by atoms with van der Waals surface area (Å²) in [6.45, 7) is 7.20. The second-order valence-electron chi connectivity index (χ2n) is 7.39. The molecule has 2 N–H and O–H groups in total. The molecule has 1 aromatic heterocycles. The molecule has 2 aromatic rings. The number of rotatable bonds is 2. The Morgan fingerprint density at radius 1 is 1.33 bits per heavy atom. The number of aromatic nitrogens is 1. The molecule has 4 rings (SSSR count). The van der Waals surface area contributed by atoms with E-state index in [0.29, 0.717) is 11.1 Å². The first-order valence-corrected chi connectivity index (χ1v) is 8.60. The molecule has 1 aromatic carbocycles. The Morgan fingerprint density at radius 3 is 2.81 bits per heavy atom. The first-order chi connectivity index (χ1) is 9.93. The molecule has 2 aliphatic carbocycles. The van der Waals surface area contributed by atoms with Crippen molar-refractivity contribution >= 4 is 27.2 Å². The third-order valence-electron chi connectivity index (χ3n) is 6.48. The lowest BCUT2D eigenvalue weighted by Gasteiger charge is -2.39. The van der Waals surface area contributed by atoms with Crippen LogP contribution < -0.4 is 10.5 Å². The van der Waals surface area contributed by atoms with E-state index in [2.05, 4.69) is 31.8 Å². The first kappa shape index (κ1) is 13.4. The van der Waals surface area contributed by atoms with Gasteiger partial charge < -0.3 is 10.5 Å². The molecule has 3 unspecified atom stereocenters. The topological polar surface area (TPSA) is 48.1 Å². The average Bonchev–Trinajstić information content (AvgIpc) is 3.05. The second-order valence-corrected chi connectivity index (χ2v) is 8.28. The number of hydrogen-bond donors (Lipinski definition) is 1. The number of fused-ring (bicyclic) bond motifs is 3. The molecule has 3 nitrogen and oxygen atoms in total. The third kappa shape index (κ3) is 1.62. The third-order valence-corrected chi connectivity index (χ3v) is 7.28. The normalized spacial score (nSPS) is 33.7. The van der Waals surface area contributed by atoms with E-state index in [0.717, 1.165) is 28.3 Å². The zero-order valence-electron chi connectivity index (χ0n) is 12.8. The molecule has 2 fully saturated rings. The van der Waals surface area contributed by atoms with Crippen molar-refractivity contribution in [3.8, 4) is 5.75 Å². The maximum atomic E-state index is 6.40. The van der Waals surface area contributed by atoms with Crippen LogP contribution in [0, 0.1) is 16.7 Å². The fourth-order valence-corrected chi connectivity index (χ4v) is 5.19. The molecule has 2 aliphatic rings. The van der Waals surface area contributed by atoms with Gasteiger partial charge in [0.1, 0.15) is 23.1 Å². The van der Waals surface area contributed by atoms with E-state index in [-0.39, 0.29) is 11.5 Å². The molecule has 0 saturated heterocycles. The highest BCUT2D eigenvalue weighted by molar-refractivity contribution is 7.16. The summed E-state index contributed by atoms with van der Waals surface area (Å²) in [6.07, 6.45) is 4.01. The van der Waals surface area contributed by atoms with Crippen LogP contribution in [0.4, 0.5) is 5.69 Å². The van der Waals surface area contributed by atoms with Crippen molar-refractivity contribution < 1.29 is 4.74 Å². The zero-order chi connectivity index (χ0) is 14.8. The van der Waals surface area contributed by atoms with E-state index in [1.807, 2.05) is 11.6 Å². The monoisotopic (exact) mass is 302 g/mol. The highest BCUT2D eigenvalue weighted by Crippen LogP contribution is 2.66. The average molecular weight is 302 g/mol. The van der Waals surface area contributed by atoms with Gasteiger partial charge >= 0.3 is 0 Å². The van der Waals surface area contributed by atoms with Crippen LogP contribution >= 0.6 is 11.3 Å². The van der Waals surface area contributed by atoms with Crippen molar-refractivity contribution in [1.29, 1.82) is 0 Å². The van der Waals surface area contributed by atoms with Gasteiger partial charge in [-0.05, 0) is 42.7 Å². The van der Waals surface area contributed by atoms with Gasteiger partial charge in [-0.15, -0.1) is 11.3 Å². The molecule has 0 aliphatic heterocycles. The number of nitrogen functional groups attached to an aromatic ring is 1. The predicted molar refractivity (Wildman–Crippen MR) is 87.7 cm³/mol. The van der Waals surface area contributed by atoms with Gasteiger partial charge in [-0.25, -0.2) is 4.98 Å². The summed E-state index contributed by atoms with van der Waals surface area (Å²) in [6, 6.07) is 4.08. The van der Waals surface area contributed by atoms with Crippen LogP contribution in [-0.2, 0) is 0 Å². The van der Waals surface area contributed by atoms with Gasteiger partial charge in [0.25, 0.3) is 0 Å². The number of nitrogens with zero attached hydrogens (tertiary/aromatic N) is 1. The smallest absolute Gasteiger partial charge is 0.144 e. The molecule has 4 heteroatoms. The molecule has 0 amide bonds. The van der Waals surface area contributed by atoms with Gasteiger partial charge in [-0.1, -0.05) is 20.8 Å². The SMILES string of the molecule is CC1(C)C2CCC1(C)C(Oc1ccc3scnc3c1N)C2. The van der Waals surface area contributed by atoms with Gasteiger partial charge in [0.15, 0.2) is 0 Å². The lowest BCUT2D eigenvalue weighted by molar-refractivity contribution is 0.0307. The Morgan fingerprint density at radius 2 is 2.14 bits per heavy atom. The van der Waals surface area contributed by atoms with Crippen LogP contribution in [0.5, 0.6) is 5.75 Å². The van der Waals surface area contributed by atoms with Crippen LogP contribution in [0.25, 0.3) is 10.2 Å². The number of ether oxygens (including phenoxy) is 1. The molecule has 21 heavy (non-hydrogen) atoms. The van der Waals surface area contributed by atoms with Crippen molar-refractivity contribution in [1.82, 2.24) is 4.98 Å². The summed E-state index contributed by atoms with van der Waals surface area (Å²) in [4.78, 5) is 4.36. The quantitative estimate of drug-likeness (QED) is 0.832. The summed E-state index contributed by atoms with van der Waals surface area (Å²) in [5.74, 6) is 1.58. The molecule has 2 bridgehead atoms. The summed E-state index contributed by atoms with van der Waals surface area (Å²) >= 11 is 1.62. The van der Waals surface area contributed by atoms with Crippen LogP contribution in [0.15, 0.2) is 17.6 Å². The molecule has 0 spiro atoms. The molecule has 3 atom stereocenters. The molecule has 0 radical (unpaired) electrons. The lowest BCUT2D eigenvalue weighted by Crippen LogP contribution is -2.39. The van der Waals surface area contributed by atoms with Crippen LogP contribution in [0.2, 0.25) is 0 Å². The minimum absolute atomic E-state index is 0.251. The van der Waals surface area contributed by atoms with Crippen molar-refractivity contribution in [2.45, 2.75) is 46.1 Å². The van der Waals surface area contributed by atoms with Crippen molar-refractivity contribution in [2.75, 3.05) is 5.73 Å². The van der Waals surface area contributed by atoms with Gasteiger partial charge in [-0.3, -0.25) is 0 Å². The summed E-state index contributed by atoms with van der Waals surface area (Å²) in [5.41, 5.74) is 10.3. The van der Waals surface area contributed by atoms with Gasteiger partial charge in [0, 0.05) is 5.41 Å². The Bertz CT molecular complexity index is 708. The Labute approximate surface area is 129 Å². The maximum Gasteiger partial charge on any atom is 0.144 e. The van der Waals surface area contributed by atoms with Crippen LogP contribution in [-0.4, -0.2) is 11.1 Å². The second kappa shape index (κ2) is 4.13. The molecule has 1 heterocycles. The minimum atomic E-state index is 0.251. The number of anilines is 1. The number of thiazole rings is 1. The van der Waals surface area contributed by atoms with Crippen LogP contribution in [0.1, 0.15) is 40.0 Å². The molecule has 112 valence electrons. The van der Waals surface area contributed by atoms with Crippen molar-refractivity contribution in [3.63, 3.8) is 0 Å². The number of hydrogen-bond acceptors (Lipinski definition) is 4. The van der Waals surface area contributed by atoms with E-state index >= 15 is 0 Å². The van der Waals surface area contributed by atoms with E-state index < -0.39 is 0 Å². The fraction of sp³-hybridized carbons (Fsp3) is 0.588. The van der Waals surface area contributed by atoms with Gasteiger partial charge in [-0.2, -0.15) is 0 Å². The molecular weight excluding hydrogens is 280 g/mol. The summed E-state index contributed by atoms with van der Waals surface area (Å²) in [5, 5.41) is 0. The predicted octanol–water partition coefficient (Wildman–Crippen LogP) is 4.47. The fourth-order valence-electron chi connectivity index (χ4n) is 4.50. The van der Waals surface area contributed by atoms with Crippen molar-refractivity contribution in [3.05, 3.63) is 17.6 Å². The zero-order valence-corrected chi connectivity index (χ0v) is 13.7. The number of nitrogens with two attached hydrogens (primary N) is 1. The minimum Gasteiger partial charge on any atom is -0.488 e. The number of benzene rings is 1. The van der Waals surface area contributed by atoms with Crippen LogP contribution in [0.3, 0.4) is 0 Å². The van der Waals surface area contributed by atoms with Gasteiger partial charge in [0.2, 0.25) is 0 Å². The van der Waals surface area contributed by atoms with Crippen molar-refractivity contribution in [2.24, 2.45) is 16.7 Å².